The van der Waals surface area contributed by atoms with Crippen LogP contribution in [0, 0.1) is 13.8 Å². The zero-order chi connectivity index (χ0) is 25.8. The highest BCUT2D eigenvalue weighted by molar-refractivity contribution is 9.10. The van der Waals surface area contributed by atoms with Gasteiger partial charge in [-0.3, -0.25) is 19.7 Å². The maximum absolute atomic E-state index is 13.0. The molecule has 0 radical (unpaired) electrons. The van der Waals surface area contributed by atoms with Crippen molar-refractivity contribution < 1.29 is 23.9 Å². The Balaban J connectivity index is 1.48. The second kappa shape index (κ2) is 10.6. The van der Waals surface area contributed by atoms with Crippen LogP contribution >= 0.6 is 15.9 Å². The van der Waals surface area contributed by atoms with Crippen LogP contribution in [-0.4, -0.2) is 30.4 Å². The van der Waals surface area contributed by atoms with Gasteiger partial charge in [0, 0.05) is 10.2 Å². The molecule has 0 spiro atoms. The number of nitrogens with zero attached hydrogens (tertiary/aromatic N) is 1. The number of barbiturate groups is 1. The summed E-state index contributed by atoms with van der Waals surface area (Å²) in [6.45, 7) is 3.67. The minimum absolute atomic E-state index is 0.206. The predicted molar refractivity (Wildman–Crippen MR) is 140 cm³/mol. The van der Waals surface area contributed by atoms with Crippen LogP contribution in [-0.2, 0) is 14.4 Å². The lowest BCUT2D eigenvalue weighted by molar-refractivity contribution is -0.122. The average Bonchev–Trinajstić information content (AvgIpc) is 2.85. The van der Waals surface area contributed by atoms with E-state index in [0.717, 1.165) is 20.5 Å². The molecule has 0 aliphatic carbocycles. The van der Waals surface area contributed by atoms with Gasteiger partial charge < -0.3 is 10.1 Å². The summed E-state index contributed by atoms with van der Waals surface area (Å²) in [7, 11) is 0. The van der Waals surface area contributed by atoms with Gasteiger partial charge in [-0.2, -0.15) is 0 Å². The van der Waals surface area contributed by atoms with E-state index < -0.39 is 17.8 Å². The highest BCUT2D eigenvalue weighted by atomic mass is 79.9. The Morgan fingerprint density at radius 2 is 1.75 bits per heavy atom. The number of rotatable bonds is 6. The van der Waals surface area contributed by atoms with Gasteiger partial charge in [-0.15, -0.1) is 0 Å². The molecule has 1 aliphatic rings. The fourth-order valence-corrected chi connectivity index (χ4v) is 3.83. The molecule has 9 heteroatoms. The molecule has 0 unspecified atom stereocenters. The van der Waals surface area contributed by atoms with Gasteiger partial charge in [0.05, 0.1) is 5.69 Å². The Morgan fingerprint density at radius 1 is 1.03 bits per heavy atom. The van der Waals surface area contributed by atoms with Gasteiger partial charge in [-0.1, -0.05) is 40.2 Å². The van der Waals surface area contributed by atoms with Crippen molar-refractivity contribution in [2.75, 3.05) is 16.8 Å². The van der Waals surface area contributed by atoms with Crippen molar-refractivity contribution in [2.24, 2.45) is 0 Å². The number of urea groups is 1. The molecule has 3 aromatic rings. The Hall–Kier alpha value is -4.24. The molecule has 1 aliphatic heterocycles. The largest absolute Gasteiger partial charge is 0.484 e. The van der Waals surface area contributed by atoms with Crippen molar-refractivity contribution >= 4 is 57.1 Å². The van der Waals surface area contributed by atoms with E-state index in [4.69, 9.17) is 4.74 Å². The van der Waals surface area contributed by atoms with Crippen LogP contribution in [0.4, 0.5) is 16.2 Å². The molecule has 3 aromatic carbocycles. The van der Waals surface area contributed by atoms with E-state index in [-0.39, 0.29) is 18.1 Å². The van der Waals surface area contributed by atoms with Gasteiger partial charge in [0.25, 0.3) is 17.7 Å². The number of hydrogen-bond donors (Lipinski definition) is 2. The molecule has 5 amide bonds. The molecule has 36 heavy (non-hydrogen) atoms. The quantitative estimate of drug-likeness (QED) is 0.342. The minimum atomic E-state index is -0.823. The first-order valence-corrected chi connectivity index (χ1v) is 11.8. The van der Waals surface area contributed by atoms with Crippen molar-refractivity contribution in [3.8, 4) is 5.75 Å². The zero-order valence-corrected chi connectivity index (χ0v) is 21.1. The monoisotopic (exact) mass is 547 g/mol. The van der Waals surface area contributed by atoms with Crippen LogP contribution in [0.5, 0.6) is 5.75 Å². The second-order valence-corrected chi connectivity index (χ2v) is 9.01. The number of carbonyl (C=O) groups is 4. The molecule has 1 fully saturated rings. The number of benzene rings is 3. The lowest BCUT2D eigenvalue weighted by atomic mass is 10.1. The van der Waals surface area contributed by atoms with Gasteiger partial charge in [-0.25, -0.2) is 9.69 Å². The molecular weight excluding hydrogens is 526 g/mol. The van der Waals surface area contributed by atoms with Crippen molar-refractivity contribution in [1.82, 2.24) is 5.32 Å². The summed E-state index contributed by atoms with van der Waals surface area (Å²) in [5, 5.41) is 5.02. The van der Waals surface area contributed by atoms with E-state index >= 15 is 0 Å². The Labute approximate surface area is 216 Å². The van der Waals surface area contributed by atoms with Gasteiger partial charge in [-0.05, 0) is 79.1 Å². The number of amides is 5. The highest BCUT2D eigenvalue weighted by Crippen LogP contribution is 2.25. The molecule has 1 saturated heterocycles. The number of anilines is 2. The van der Waals surface area contributed by atoms with Crippen LogP contribution in [0.25, 0.3) is 6.08 Å². The molecule has 8 nitrogen and oxygen atoms in total. The number of carbonyl (C=O) groups excluding carboxylic acids is 4. The van der Waals surface area contributed by atoms with Crippen LogP contribution in [0.3, 0.4) is 0 Å². The van der Waals surface area contributed by atoms with Crippen molar-refractivity contribution in [2.45, 2.75) is 13.8 Å². The lowest BCUT2D eigenvalue weighted by Crippen LogP contribution is -2.54. The van der Waals surface area contributed by atoms with E-state index in [1.807, 2.05) is 32.0 Å². The Kier molecular flexibility index (Phi) is 7.30. The van der Waals surface area contributed by atoms with Crippen molar-refractivity contribution in [1.29, 1.82) is 0 Å². The van der Waals surface area contributed by atoms with Gasteiger partial charge in [0.2, 0.25) is 0 Å². The van der Waals surface area contributed by atoms with Crippen molar-refractivity contribution in [3.63, 3.8) is 0 Å². The molecular formula is C27H22BrN3O5. The highest BCUT2D eigenvalue weighted by Gasteiger charge is 2.36. The standard InChI is InChI=1S/C27H22BrN3O5/c1-16-5-3-8-23(17(16)2)29-24(32)15-36-21-7-4-6-18(13-21)14-22-25(33)30-27(35)31(26(22)34)20-11-9-19(28)10-12-20/h3-14H,15H2,1-2H3,(H,29,32)(H,30,33,35)/b22-14+. The maximum atomic E-state index is 13.0. The van der Waals surface area contributed by atoms with E-state index in [1.165, 1.54) is 6.08 Å². The first kappa shape index (κ1) is 24.9. The number of imide groups is 2. The van der Waals surface area contributed by atoms with Crippen LogP contribution in [0.15, 0.2) is 76.8 Å². The smallest absolute Gasteiger partial charge is 0.335 e. The fraction of sp³-hybridized carbons (Fsp3) is 0.111. The lowest BCUT2D eigenvalue weighted by Gasteiger charge is -2.26. The molecule has 2 N–H and O–H groups in total. The van der Waals surface area contributed by atoms with Crippen molar-refractivity contribution in [3.05, 3.63) is 93.5 Å². The summed E-state index contributed by atoms with van der Waals surface area (Å²) in [6.07, 6.45) is 1.37. The Morgan fingerprint density at radius 3 is 2.50 bits per heavy atom. The first-order valence-electron chi connectivity index (χ1n) is 11.0. The normalized spacial score (nSPS) is 14.6. The number of halogens is 1. The molecule has 182 valence electrons. The third-order valence-corrected chi connectivity index (χ3v) is 6.13. The van der Waals surface area contributed by atoms with E-state index in [1.54, 1.807) is 48.5 Å². The van der Waals surface area contributed by atoms with Gasteiger partial charge in [0.15, 0.2) is 6.61 Å². The summed E-state index contributed by atoms with van der Waals surface area (Å²) >= 11 is 3.31. The molecule has 4 rings (SSSR count). The van der Waals surface area contributed by atoms with E-state index in [0.29, 0.717) is 22.7 Å². The Bertz CT molecular complexity index is 1400. The van der Waals surface area contributed by atoms with Crippen LogP contribution < -0.4 is 20.3 Å². The van der Waals surface area contributed by atoms with E-state index in [2.05, 4.69) is 26.6 Å². The predicted octanol–water partition coefficient (Wildman–Crippen LogP) is 4.75. The first-order chi connectivity index (χ1) is 17.2. The number of ether oxygens (including phenoxy) is 1. The summed E-state index contributed by atoms with van der Waals surface area (Å²) in [4.78, 5) is 51.1. The number of aryl methyl sites for hydroxylation is 1. The number of nitrogens with one attached hydrogen (secondary N) is 2. The summed E-state index contributed by atoms with van der Waals surface area (Å²) in [6, 6.07) is 18.0. The molecule has 1 heterocycles. The molecule has 0 saturated carbocycles. The van der Waals surface area contributed by atoms with Gasteiger partial charge in [0.1, 0.15) is 11.3 Å². The second-order valence-electron chi connectivity index (χ2n) is 8.09. The van der Waals surface area contributed by atoms with E-state index in [9.17, 15) is 19.2 Å². The average molecular weight is 548 g/mol. The third-order valence-electron chi connectivity index (χ3n) is 5.60. The SMILES string of the molecule is Cc1cccc(NC(=O)COc2cccc(/C=C3\C(=O)NC(=O)N(c4ccc(Br)cc4)C3=O)c2)c1C. The molecule has 0 aromatic heterocycles. The van der Waals surface area contributed by atoms with Gasteiger partial charge >= 0.3 is 6.03 Å². The summed E-state index contributed by atoms with van der Waals surface area (Å²) in [5.74, 6) is -1.48. The topological polar surface area (TPSA) is 105 Å². The zero-order valence-electron chi connectivity index (χ0n) is 19.5. The van der Waals surface area contributed by atoms with Crippen LogP contribution in [0.2, 0.25) is 0 Å². The molecule has 0 bridgehead atoms. The third kappa shape index (κ3) is 5.52. The summed E-state index contributed by atoms with van der Waals surface area (Å²) in [5.41, 5.74) is 3.37. The maximum Gasteiger partial charge on any atom is 0.335 e. The fourth-order valence-electron chi connectivity index (χ4n) is 3.56. The molecule has 0 atom stereocenters. The number of hydrogen-bond acceptors (Lipinski definition) is 5. The minimum Gasteiger partial charge on any atom is -0.484 e. The summed E-state index contributed by atoms with van der Waals surface area (Å²) < 4.78 is 6.40. The van der Waals surface area contributed by atoms with Crippen LogP contribution in [0.1, 0.15) is 16.7 Å².